The molecular weight excluding hydrogens is 280 g/mol. The van der Waals surface area contributed by atoms with Crippen molar-refractivity contribution < 1.29 is 13.5 Å². The highest BCUT2D eigenvalue weighted by Crippen LogP contribution is 2.27. The molecule has 0 saturated heterocycles. The summed E-state index contributed by atoms with van der Waals surface area (Å²) in [6.45, 7) is 0. The van der Waals surface area contributed by atoms with Crippen LogP contribution in [0.3, 0.4) is 0 Å². The van der Waals surface area contributed by atoms with Crippen molar-refractivity contribution in [2.45, 2.75) is 0 Å². The summed E-state index contributed by atoms with van der Waals surface area (Å²) in [7, 11) is 0. The van der Waals surface area contributed by atoms with Crippen molar-refractivity contribution in [2.24, 2.45) is 0 Å². The number of aromatic nitrogens is 1. The highest BCUT2D eigenvalue weighted by Gasteiger charge is 2.05. The van der Waals surface area contributed by atoms with Crippen molar-refractivity contribution in [1.82, 2.24) is 4.98 Å². The van der Waals surface area contributed by atoms with Gasteiger partial charge in [0.25, 0.3) is 0 Å². The number of nitrogens with zero attached hydrogens (tertiary/aromatic N) is 1. The van der Waals surface area contributed by atoms with Gasteiger partial charge in [-0.2, -0.15) is 0 Å². The van der Waals surface area contributed by atoms with Gasteiger partial charge in [-0.1, -0.05) is 0 Å². The zero-order valence-electron chi connectivity index (χ0n) is 7.95. The summed E-state index contributed by atoms with van der Waals surface area (Å²) >= 11 is 3.12. The van der Waals surface area contributed by atoms with Crippen LogP contribution in [0, 0.1) is 11.6 Å². The Morgan fingerprint density at radius 2 is 1.75 bits per heavy atom. The first kappa shape index (κ1) is 11.0. The number of benzene rings is 1. The van der Waals surface area contributed by atoms with Crippen molar-refractivity contribution >= 4 is 15.9 Å². The van der Waals surface area contributed by atoms with Crippen molar-refractivity contribution in [1.29, 1.82) is 0 Å². The van der Waals surface area contributed by atoms with Crippen LogP contribution in [-0.2, 0) is 0 Å². The molecule has 0 bridgehead atoms. The van der Waals surface area contributed by atoms with E-state index in [0.717, 1.165) is 6.20 Å². The Bertz CT molecular complexity index is 502. The third-order valence-corrected chi connectivity index (χ3v) is 2.37. The number of halogens is 3. The van der Waals surface area contributed by atoms with E-state index in [2.05, 4.69) is 20.9 Å². The first-order valence-corrected chi connectivity index (χ1v) is 5.19. The maximum atomic E-state index is 12.7. The van der Waals surface area contributed by atoms with Crippen LogP contribution in [0.4, 0.5) is 8.78 Å². The van der Waals surface area contributed by atoms with Crippen LogP contribution in [-0.4, -0.2) is 4.98 Å². The summed E-state index contributed by atoms with van der Waals surface area (Å²) < 4.78 is 31.1. The van der Waals surface area contributed by atoms with Gasteiger partial charge in [0.1, 0.15) is 17.4 Å². The molecule has 0 aliphatic heterocycles. The summed E-state index contributed by atoms with van der Waals surface area (Å²) in [5, 5.41) is 0. The molecule has 0 saturated carbocycles. The fourth-order valence-corrected chi connectivity index (χ4v) is 1.49. The van der Waals surface area contributed by atoms with Crippen molar-refractivity contribution in [3.63, 3.8) is 0 Å². The Morgan fingerprint density at radius 1 is 1.06 bits per heavy atom. The molecule has 2 aromatic rings. The van der Waals surface area contributed by atoms with Crippen molar-refractivity contribution in [2.75, 3.05) is 0 Å². The van der Waals surface area contributed by atoms with E-state index in [0.29, 0.717) is 10.2 Å². The van der Waals surface area contributed by atoms with Crippen LogP contribution in [0.5, 0.6) is 11.6 Å². The van der Waals surface area contributed by atoms with E-state index in [-0.39, 0.29) is 11.7 Å². The van der Waals surface area contributed by atoms with Crippen LogP contribution >= 0.6 is 15.9 Å². The maximum absolute atomic E-state index is 12.7. The maximum Gasteiger partial charge on any atom is 0.233 e. The van der Waals surface area contributed by atoms with Gasteiger partial charge in [0.15, 0.2) is 0 Å². The van der Waals surface area contributed by atoms with Crippen molar-refractivity contribution in [3.8, 4) is 11.6 Å². The van der Waals surface area contributed by atoms with Gasteiger partial charge in [0.2, 0.25) is 5.88 Å². The summed E-state index contributed by atoms with van der Waals surface area (Å²) in [6, 6.07) is 6.71. The lowest BCUT2D eigenvalue weighted by atomic mass is 10.3. The quantitative estimate of drug-likeness (QED) is 0.835. The minimum absolute atomic E-state index is 0.230. The molecule has 0 amide bonds. The molecule has 2 nitrogen and oxygen atoms in total. The Kier molecular flexibility index (Phi) is 3.14. The SMILES string of the molecule is Fc1ccc(Oc2ncc(F)cc2Br)cc1. The number of pyridine rings is 1. The molecule has 0 unspecified atom stereocenters. The monoisotopic (exact) mass is 285 g/mol. The molecule has 1 aromatic carbocycles. The van der Waals surface area contributed by atoms with Crippen LogP contribution in [0.1, 0.15) is 0 Å². The van der Waals surface area contributed by atoms with E-state index in [1.54, 1.807) is 0 Å². The molecule has 0 spiro atoms. The molecule has 0 atom stereocenters. The van der Waals surface area contributed by atoms with Gasteiger partial charge < -0.3 is 4.74 Å². The second kappa shape index (κ2) is 4.57. The first-order chi connectivity index (χ1) is 7.65. The zero-order valence-corrected chi connectivity index (χ0v) is 9.54. The third kappa shape index (κ3) is 2.55. The lowest BCUT2D eigenvalue weighted by Gasteiger charge is -2.05. The Morgan fingerprint density at radius 3 is 2.38 bits per heavy atom. The molecule has 2 rings (SSSR count). The van der Waals surface area contributed by atoms with Gasteiger partial charge >= 0.3 is 0 Å². The first-order valence-electron chi connectivity index (χ1n) is 4.39. The lowest BCUT2D eigenvalue weighted by molar-refractivity contribution is 0.454. The molecule has 0 aliphatic rings. The van der Waals surface area contributed by atoms with Gasteiger partial charge in [-0.15, -0.1) is 0 Å². The molecule has 1 heterocycles. The molecular formula is C11H6BrF2NO. The smallest absolute Gasteiger partial charge is 0.233 e. The topological polar surface area (TPSA) is 22.1 Å². The van der Waals surface area contributed by atoms with Gasteiger partial charge in [0.05, 0.1) is 10.7 Å². The second-order valence-corrected chi connectivity index (χ2v) is 3.85. The average molecular weight is 286 g/mol. The summed E-state index contributed by atoms with van der Waals surface area (Å²) in [5.74, 6) is -0.147. The fraction of sp³-hybridized carbons (Fsp3) is 0. The Balaban J connectivity index is 2.23. The molecule has 0 radical (unpaired) electrons. The predicted octanol–water partition coefficient (Wildman–Crippen LogP) is 3.91. The average Bonchev–Trinajstić information content (AvgIpc) is 2.25. The standard InChI is InChI=1S/C11H6BrF2NO/c12-10-5-8(14)6-15-11(10)16-9-3-1-7(13)2-4-9/h1-6H. The number of ether oxygens (including phenoxy) is 1. The lowest BCUT2D eigenvalue weighted by Crippen LogP contribution is -1.90. The predicted molar refractivity (Wildman–Crippen MR) is 58.4 cm³/mol. The van der Waals surface area contributed by atoms with Crippen LogP contribution < -0.4 is 4.74 Å². The van der Waals surface area contributed by atoms with E-state index in [1.807, 2.05) is 0 Å². The second-order valence-electron chi connectivity index (χ2n) is 3.00. The fourth-order valence-electron chi connectivity index (χ4n) is 1.09. The van der Waals surface area contributed by atoms with Crippen LogP contribution in [0.15, 0.2) is 41.0 Å². The van der Waals surface area contributed by atoms with E-state index in [4.69, 9.17) is 4.74 Å². The minimum atomic E-state index is -0.460. The van der Waals surface area contributed by atoms with Crippen LogP contribution in [0.2, 0.25) is 0 Å². The minimum Gasteiger partial charge on any atom is -0.438 e. The van der Waals surface area contributed by atoms with Gasteiger partial charge in [-0.25, -0.2) is 13.8 Å². The summed E-state index contributed by atoms with van der Waals surface area (Å²) in [5.41, 5.74) is 0. The molecule has 5 heteroatoms. The van der Waals surface area contributed by atoms with E-state index in [1.165, 1.54) is 30.3 Å². The normalized spacial score (nSPS) is 10.2. The highest BCUT2D eigenvalue weighted by atomic mass is 79.9. The summed E-state index contributed by atoms with van der Waals surface area (Å²) in [4.78, 5) is 3.76. The van der Waals surface area contributed by atoms with Gasteiger partial charge in [0, 0.05) is 0 Å². The number of hydrogen-bond acceptors (Lipinski definition) is 2. The summed E-state index contributed by atoms with van der Waals surface area (Å²) in [6.07, 6.45) is 1.05. The van der Waals surface area contributed by atoms with E-state index >= 15 is 0 Å². The molecule has 16 heavy (non-hydrogen) atoms. The third-order valence-electron chi connectivity index (χ3n) is 1.80. The van der Waals surface area contributed by atoms with E-state index < -0.39 is 5.82 Å². The number of hydrogen-bond donors (Lipinski definition) is 0. The van der Waals surface area contributed by atoms with E-state index in [9.17, 15) is 8.78 Å². The Labute approximate surface area is 99.0 Å². The van der Waals surface area contributed by atoms with Gasteiger partial charge in [-0.3, -0.25) is 0 Å². The zero-order chi connectivity index (χ0) is 11.5. The molecule has 0 aliphatic carbocycles. The Hall–Kier alpha value is -1.49. The molecule has 82 valence electrons. The largest absolute Gasteiger partial charge is 0.438 e. The molecule has 0 fully saturated rings. The van der Waals surface area contributed by atoms with Crippen molar-refractivity contribution in [3.05, 3.63) is 52.6 Å². The molecule has 1 aromatic heterocycles. The molecule has 0 N–H and O–H groups in total. The van der Waals surface area contributed by atoms with Gasteiger partial charge in [-0.05, 0) is 46.3 Å². The number of rotatable bonds is 2. The van der Waals surface area contributed by atoms with Crippen LogP contribution in [0.25, 0.3) is 0 Å². The highest BCUT2D eigenvalue weighted by molar-refractivity contribution is 9.10.